The van der Waals surface area contributed by atoms with Crippen LogP contribution in [0.1, 0.15) is 30.7 Å². The van der Waals surface area contributed by atoms with Crippen LogP contribution in [0.4, 0.5) is 5.82 Å². The topological polar surface area (TPSA) is 29.0 Å². The highest BCUT2D eigenvalue weighted by atomic mass is 32.1. The third-order valence-corrected chi connectivity index (χ3v) is 5.36. The van der Waals surface area contributed by atoms with Crippen LogP contribution < -0.4 is 4.90 Å². The Morgan fingerprint density at radius 2 is 1.91 bits per heavy atom. The van der Waals surface area contributed by atoms with E-state index in [9.17, 15) is 0 Å². The number of thiophene rings is 1. The molecule has 1 aliphatic heterocycles. The Labute approximate surface area is 134 Å². The van der Waals surface area contributed by atoms with E-state index in [4.69, 9.17) is 0 Å². The van der Waals surface area contributed by atoms with Gasteiger partial charge in [0, 0.05) is 13.1 Å². The molecule has 1 fully saturated rings. The summed E-state index contributed by atoms with van der Waals surface area (Å²) < 4.78 is 0. The molecule has 2 aromatic heterocycles. The minimum atomic E-state index is 0.672. The molecule has 0 aliphatic carbocycles. The molecule has 1 aromatic carbocycles. The minimum absolute atomic E-state index is 0.672. The molecule has 0 amide bonds. The Morgan fingerprint density at radius 1 is 1.00 bits per heavy atom. The predicted octanol–water partition coefficient (Wildman–Crippen LogP) is 4.47. The second kappa shape index (κ2) is 6.05. The first-order valence-electron chi connectivity index (χ1n) is 7.90. The van der Waals surface area contributed by atoms with Gasteiger partial charge in [0.05, 0.1) is 5.39 Å². The smallest absolute Gasteiger partial charge is 0.140 e. The summed E-state index contributed by atoms with van der Waals surface area (Å²) in [6.45, 7) is 2.16. The van der Waals surface area contributed by atoms with Crippen LogP contribution in [0.25, 0.3) is 10.2 Å². The van der Waals surface area contributed by atoms with Crippen molar-refractivity contribution in [3.8, 4) is 0 Å². The normalized spacial score (nSPS) is 19.3. The van der Waals surface area contributed by atoms with Crippen LogP contribution in [0.5, 0.6) is 0 Å². The van der Waals surface area contributed by atoms with Crippen molar-refractivity contribution in [3.63, 3.8) is 0 Å². The molecule has 1 unspecified atom stereocenters. The average molecular weight is 309 g/mol. The van der Waals surface area contributed by atoms with Crippen molar-refractivity contribution < 1.29 is 0 Å². The monoisotopic (exact) mass is 309 g/mol. The lowest BCUT2D eigenvalue weighted by Gasteiger charge is -2.22. The molecule has 3 aromatic rings. The zero-order chi connectivity index (χ0) is 14.8. The summed E-state index contributed by atoms with van der Waals surface area (Å²) in [5.41, 5.74) is 1.48. The predicted molar refractivity (Wildman–Crippen MR) is 92.7 cm³/mol. The lowest BCUT2D eigenvalue weighted by atomic mass is 9.92. The van der Waals surface area contributed by atoms with Gasteiger partial charge in [-0.1, -0.05) is 30.3 Å². The van der Waals surface area contributed by atoms with Gasteiger partial charge in [-0.05, 0) is 42.2 Å². The summed E-state index contributed by atoms with van der Waals surface area (Å²) in [5, 5.41) is 3.30. The maximum absolute atomic E-state index is 4.56. The molecule has 0 bridgehead atoms. The van der Waals surface area contributed by atoms with Gasteiger partial charge in [0.1, 0.15) is 17.0 Å². The molecule has 3 nitrogen and oxygen atoms in total. The molecule has 1 saturated heterocycles. The zero-order valence-corrected chi connectivity index (χ0v) is 13.3. The first-order chi connectivity index (χ1) is 10.9. The van der Waals surface area contributed by atoms with Crippen molar-refractivity contribution in [3.05, 3.63) is 53.7 Å². The molecule has 0 N–H and O–H groups in total. The SMILES string of the molecule is c1ccc(C2CCCN(c3ncnc4sccc34)CC2)cc1. The molecule has 1 aliphatic rings. The van der Waals surface area contributed by atoms with Crippen molar-refractivity contribution in [1.29, 1.82) is 0 Å². The molecule has 1 atom stereocenters. The molecule has 4 rings (SSSR count). The average Bonchev–Trinajstić information content (AvgIpc) is 2.92. The highest BCUT2D eigenvalue weighted by Crippen LogP contribution is 2.32. The molecule has 112 valence electrons. The first kappa shape index (κ1) is 13.7. The van der Waals surface area contributed by atoms with Crippen molar-refractivity contribution in [2.24, 2.45) is 0 Å². The lowest BCUT2D eigenvalue weighted by molar-refractivity contribution is 0.612. The largest absolute Gasteiger partial charge is 0.356 e. The minimum Gasteiger partial charge on any atom is -0.356 e. The number of hydrogen-bond acceptors (Lipinski definition) is 4. The van der Waals surface area contributed by atoms with Gasteiger partial charge in [-0.3, -0.25) is 0 Å². The van der Waals surface area contributed by atoms with Gasteiger partial charge in [0.25, 0.3) is 0 Å². The zero-order valence-electron chi connectivity index (χ0n) is 12.5. The van der Waals surface area contributed by atoms with Crippen LogP contribution in [0.15, 0.2) is 48.1 Å². The van der Waals surface area contributed by atoms with E-state index in [0.29, 0.717) is 5.92 Å². The van der Waals surface area contributed by atoms with Crippen molar-refractivity contribution in [2.45, 2.75) is 25.2 Å². The molecule has 4 heteroatoms. The molecule has 3 heterocycles. The van der Waals surface area contributed by atoms with Gasteiger partial charge in [-0.15, -0.1) is 11.3 Å². The Morgan fingerprint density at radius 3 is 2.82 bits per heavy atom. The fourth-order valence-corrected chi connectivity index (χ4v) is 4.12. The van der Waals surface area contributed by atoms with Crippen LogP contribution in [-0.2, 0) is 0 Å². The van der Waals surface area contributed by atoms with Crippen LogP contribution in [0.3, 0.4) is 0 Å². The van der Waals surface area contributed by atoms with Gasteiger partial charge < -0.3 is 4.90 Å². The number of hydrogen-bond donors (Lipinski definition) is 0. The summed E-state index contributed by atoms with van der Waals surface area (Å²) in [6.07, 6.45) is 5.38. The summed E-state index contributed by atoms with van der Waals surface area (Å²) >= 11 is 1.69. The summed E-state index contributed by atoms with van der Waals surface area (Å²) in [4.78, 5) is 12.5. The summed E-state index contributed by atoms with van der Waals surface area (Å²) in [7, 11) is 0. The number of anilines is 1. The fraction of sp³-hybridized carbons (Fsp3) is 0.333. The Kier molecular flexibility index (Phi) is 3.77. The van der Waals surface area contributed by atoms with Crippen LogP contribution in [-0.4, -0.2) is 23.1 Å². The van der Waals surface area contributed by atoms with Crippen LogP contribution >= 0.6 is 11.3 Å². The number of aromatic nitrogens is 2. The lowest BCUT2D eigenvalue weighted by Crippen LogP contribution is -2.25. The van der Waals surface area contributed by atoms with E-state index >= 15 is 0 Å². The standard InChI is InChI=1S/C18H19N3S/c1-2-5-14(6-3-1)15-7-4-10-21(11-8-15)17-16-9-12-22-18(16)20-13-19-17/h1-3,5-6,9,12-13,15H,4,7-8,10-11H2. The van der Waals surface area contributed by atoms with E-state index in [1.807, 2.05) is 0 Å². The molecule has 0 saturated carbocycles. The quantitative estimate of drug-likeness (QED) is 0.699. The molecule has 22 heavy (non-hydrogen) atoms. The third kappa shape index (κ3) is 2.59. The fourth-order valence-electron chi connectivity index (χ4n) is 3.40. The van der Waals surface area contributed by atoms with Crippen LogP contribution in [0, 0.1) is 0 Å². The number of rotatable bonds is 2. The Balaban J connectivity index is 1.57. The number of fused-ring (bicyclic) bond motifs is 1. The number of benzene rings is 1. The van der Waals surface area contributed by atoms with Gasteiger partial charge in [0.2, 0.25) is 0 Å². The second-order valence-electron chi connectivity index (χ2n) is 5.86. The molecular weight excluding hydrogens is 290 g/mol. The van der Waals surface area contributed by atoms with Crippen molar-refractivity contribution in [1.82, 2.24) is 9.97 Å². The Hall–Kier alpha value is -1.94. The summed E-state index contributed by atoms with van der Waals surface area (Å²) in [6, 6.07) is 13.1. The van der Waals surface area contributed by atoms with E-state index < -0.39 is 0 Å². The van der Waals surface area contributed by atoms with E-state index in [-0.39, 0.29) is 0 Å². The summed E-state index contributed by atoms with van der Waals surface area (Å²) in [5.74, 6) is 1.78. The van der Waals surface area contributed by atoms with Gasteiger partial charge in [-0.25, -0.2) is 9.97 Å². The van der Waals surface area contributed by atoms with Crippen LogP contribution in [0.2, 0.25) is 0 Å². The Bertz CT molecular complexity index is 753. The molecular formula is C18H19N3S. The highest BCUT2D eigenvalue weighted by Gasteiger charge is 2.20. The molecule has 0 spiro atoms. The van der Waals surface area contributed by atoms with Gasteiger partial charge >= 0.3 is 0 Å². The maximum Gasteiger partial charge on any atom is 0.140 e. The first-order valence-corrected chi connectivity index (χ1v) is 8.78. The third-order valence-electron chi connectivity index (χ3n) is 4.54. The van der Waals surface area contributed by atoms with Crippen molar-refractivity contribution in [2.75, 3.05) is 18.0 Å². The van der Waals surface area contributed by atoms with E-state index in [2.05, 4.69) is 56.6 Å². The van der Waals surface area contributed by atoms with E-state index in [1.165, 1.54) is 30.2 Å². The van der Waals surface area contributed by atoms with E-state index in [0.717, 1.165) is 23.7 Å². The van der Waals surface area contributed by atoms with E-state index in [1.54, 1.807) is 17.7 Å². The molecule has 0 radical (unpaired) electrons. The van der Waals surface area contributed by atoms with Gasteiger partial charge in [-0.2, -0.15) is 0 Å². The second-order valence-corrected chi connectivity index (χ2v) is 6.76. The van der Waals surface area contributed by atoms with Gasteiger partial charge in [0.15, 0.2) is 0 Å². The number of nitrogens with zero attached hydrogens (tertiary/aromatic N) is 3. The van der Waals surface area contributed by atoms with Crippen molar-refractivity contribution >= 4 is 27.4 Å². The highest BCUT2D eigenvalue weighted by molar-refractivity contribution is 7.16. The maximum atomic E-state index is 4.56.